The van der Waals surface area contributed by atoms with E-state index in [-0.39, 0.29) is 11.3 Å². The van der Waals surface area contributed by atoms with Crippen LogP contribution in [0.15, 0.2) is 28.7 Å². The maximum absolute atomic E-state index is 12.9. The number of hydrogen-bond acceptors (Lipinski definition) is 4. The predicted molar refractivity (Wildman–Crippen MR) is 78.3 cm³/mol. The first kappa shape index (κ1) is 15.3. The van der Waals surface area contributed by atoms with Crippen LogP contribution in [0.25, 0.3) is 22.4 Å². The molecule has 0 saturated carbocycles. The molecule has 0 aliphatic heterocycles. The molecule has 0 spiro atoms. The van der Waals surface area contributed by atoms with Gasteiger partial charge >= 0.3 is 6.18 Å². The Kier molecular flexibility index (Phi) is 3.50. The molecule has 0 unspecified atom stereocenters. The van der Waals surface area contributed by atoms with E-state index in [1.165, 1.54) is 13.2 Å². The normalized spacial score (nSPS) is 11.9. The second kappa shape index (κ2) is 5.26. The fraction of sp³-hybridized carbons (Fsp3) is 0.250. The van der Waals surface area contributed by atoms with E-state index in [0.29, 0.717) is 22.6 Å². The predicted octanol–water partition coefficient (Wildman–Crippen LogP) is 4.53. The highest BCUT2D eigenvalue weighted by atomic mass is 19.4. The van der Waals surface area contributed by atoms with E-state index in [1.54, 1.807) is 26.0 Å². The van der Waals surface area contributed by atoms with E-state index in [4.69, 9.17) is 9.15 Å². The van der Waals surface area contributed by atoms with Crippen LogP contribution in [0, 0.1) is 13.8 Å². The fourth-order valence-corrected chi connectivity index (χ4v) is 2.29. The lowest BCUT2D eigenvalue weighted by Gasteiger charge is -2.11. The van der Waals surface area contributed by atoms with Gasteiger partial charge in [0.15, 0.2) is 0 Å². The summed E-state index contributed by atoms with van der Waals surface area (Å²) in [6.45, 7) is 3.58. The number of alkyl halides is 3. The van der Waals surface area contributed by atoms with Crippen molar-refractivity contribution in [1.29, 1.82) is 0 Å². The summed E-state index contributed by atoms with van der Waals surface area (Å²) in [4.78, 5) is 8.01. The van der Waals surface area contributed by atoms with Crippen LogP contribution in [-0.2, 0) is 6.18 Å². The van der Waals surface area contributed by atoms with E-state index in [2.05, 4.69) is 9.97 Å². The summed E-state index contributed by atoms with van der Waals surface area (Å²) in [6.07, 6.45) is -4.52. The van der Waals surface area contributed by atoms with Crippen molar-refractivity contribution < 1.29 is 22.3 Å². The third-order valence-corrected chi connectivity index (χ3v) is 3.59. The summed E-state index contributed by atoms with van der Waals surface area (Å²) in [5, 5.41) is 0.485. The molecular weight excluding hydrogens is 309 g/mol. The Morgan fingerprint density at radius 3 is 2.35 bits per heavy atom. The SMILES string of the molecule is COc1ccc(-c2nc(C)c(C)o2)c2ccc(C(F)(F)F)nc12. The lowest BCUT2D eigenvalue weighted by atomic mass is 10.1. The molecule has 1 aromatic carbocycles. The van der Waals surface area contributed by atoms with Gasteiger partial charge in [-0.15, -0.1) is 0 Å². The number of oxazole rings is 1. The Labute approximate surface area is 129 Å². The molecule has 0 saturated heterocycles. The molecule has 2 aromatic heterocycles. The smallest absolute Gasteiger partial charge is 0.433 e. The molecule has 0 aliphatic rings. The average Bonchev–Trinajstić information content (AvgIpc) is 2.84. The molecular formula is C16H13F3N2O2. The van der Waals surface area contributed by atoms with Gasteiger partial charge in [0.05, 0.1) is 12.8 Å². The molecule has 3 aromatic rings. The van der Waals surface area contributed by atoms with E-state index in [9.17, 15) is 13.2 Å². The third kappa shape index (κ3) is 2.62. The summed E-state index contributed by atoms with van der Waals surface area (Å²) < 4.78 is 49.4. The van der Waals surface area contributed by atoms with Gasteiger partial charge in [-0.2, -0.15) is 13.2 Å². The molecule has 0 radical (unpaired) electrons. The topological polar surface area (TPSA) is 48.2 Å². The van der Waals surface area contributed by atoms with Gasteiger partial charge in [0.1, 0.15) is 22.7 Å². The van der Waals surface area contributed by atoms with Gasteiger partial charge in [0.25, 0.3) is 0 Å². The van der Waals surface area contributed by atoms with Crippen LogP contribution in [0.5, 0.6) is 5.75 Å². The molecule has 120 valence electrons. The minimum absolute atomic E-state index is 0.119. The van der Waals surface area contributed by atoms with Crippen LogP contribution < -0.4 is 4.74 Å². The van der Waals surface area contributed by atoms with Gasteiger partial charge < -0.3 is 9.15 Å². The van der Waals surface area contributed by atoms with Crippen LogP contribution in [0.4, 0.5) is 13.2 Å². The van der Waals surface area contributed by atoms with Crippen LogP contribution in [-0.4, -0.2) is 17.1 Å². The Morgan fingerprint density at radius 2 is 1.78 bits per heavy atom. The molecule has 0 atom stereocenters. The number of nitrogens with zero attached hydrogens (tertiary/aromatic N) is 2. The summed E-state index contributed by atoms with van der Waals surface area (Å²) in [5.41, 5.74) is 0.440. The lowest BCUT2D eigenvalue weighted by molar-refractivity contribution is -0.140. The van der Waals surface area contributed by atoms with Crippen molar-refractivity contribution in [2.45, 2.75) is 20.0 Å². The summed E-state index contributed by atoms with van der Waals surface area (Å²) in [7, 11) is 1.38. The highest BCUT2D eigenvalue weighted by Crippen LogP contribution is 2.36. The average molecular weight is 322 g/mol. The number of aromatic nitrogens is 2. The quantitative estimate of drug-likeness (QED) is 0.695. The summed E-state index contributed by atoms with van der Waals surface area (Å²) in [5.74, 6) is 1.26. The third-order valence-electron chi connectivity index (χ3n) is 3.59. The molecule has 0 fully saturated rings. The van der Waals surface area contributed by atoms with E-state index < -0.39 is 11.9 Å². The van der Waals surface area contributed by atoms with Crippen molar-refractivity contribution >= 4 is 10.9 Å². The monoisotopic (exact) mass is 322 g/mol. The Hall–Kier alpha value is -2.57. The van der Waals surface area contributed by atoms with Gasteiger partial charge in [-0.05, 0) is 38.1 Å². The zero-order chi connectivity index (χ0) is 16.8. The van der Waals surface area contributed by atoms with Crippen molar-refractivity contribution in [3.8, 4) is 17.2 Å². The van der Waals surface area contributed by atoms with Gasteiger partial charge in [-0.3, -0.25) is 0 Å². The second-order valence-corrected chi connectivity index (χ2v) is 5.07. The minimum Gasteiger partial charge on any atom is -0.494 e. The zero-order valence-electron chi connectivity index (χ0n) is 12.7. The summed E-state index contributed by atoms with van der Waals surface area (Å²) >= 11 is 0. The fourth-order valence-electron chi connectivity index (χ4n) is 2.29. The number of halogens is 3. The number of ether oxygens (including phenoxy) is 1. The number of fused-ring (bicyclic) bond motifs is 1. The Bertz CT molecular complexity index is 865. The number of aryl methyl sites for hydroxylation is 2. The van der Waals surface area contributed by atoms with E-state index in [0.717, 1.165) is 11.8 Å². The molecule has 2 heterocycles. The molecule has 0 N–H and O–H groups in total. The van der Waals surface area contributed by atoms with E-state index in [1.807, 2.05) is 0 Å². The molecule has 3 rings (SSSR count). The highest BCUT2D eigenvalue weighted by molar-refractivity contribution is 5.96. The van der Waals surface area contributed by atoms with Crippen LogP contribution in [0.3, 0.4) is 0 Å². The van der Waals surface area contributed by atoms with Crippen molar-refractivity contribution in [3.05, 3.63) is 41.4 Å². The van der Waals surface area contributed by atoms with Crippen LogP contribution in [0.2, 0.25) is 0 Å². The van der Waals surface area contributed by atoms with Crippen molar-refractivity contribution in [3.63, 3.8) is 0 Å². The van der Waals surface area contributed by atoms with Gasteiger partial charge in [0.2, 0.25) is 5.89 Å². The molecule has 0 amide bonds. The van der Waals surface area contributed by atoms with Crippen molar-refractivity contribution in [2.75, 3.05) is 7.11 Å². The van der Waals surface area contributed by atoms with Gasteiger partial charge in [-0.25, -0.2) is 9.97 Å². The summed E-state index contributed by atoms with van der Waals surface area (Å²) in [6, 6.07) is 5.55. The largest absolute Gasteiger partial charge is 0.494 e. The standard InChI is InChI=1S/C16H13F3N2O2/c1-8-9(2)23-15(20-8)11-4-6-12(22-3)14-10(11)5-7-13(21-14)16(17,18)19/h4-7H,1-3H3. The number of pyridine rings is 1. The maximum Gasteiger partial charge on any atom is 0.433 e. The van der Waals surface area contributed by atoms with Crippen LogP contribution in [0.1, 0.15) is 17.1 Å². The first-order valence-electron chi connectivity index (χ1n) is 6.80. The zero-order valence-corrected chi connectivity index (χ0v) is 12.7. The maximum atomic E-state index is 12.9. The molecule has 4 nitrogen and oxygen atoms in total. The second-order valence-electron chi connectivity index (χ2n) is 5.07. The number of hydrogen-bond donors (Lipinski definition) is 0. The van der Waals surface area contributed by atoms with Gasteiger partial charge in [0, 0.05) is 10.9 Å². The highest BCUT2D eigenvalue weighted by Gasteiger charge is 2.33. The molecule has 0 aliphatic carbocycles. The molecule has 23 heavy (non-hydrogen) atoms. The Morgan fingerprint density at radius 1 is 1.04 bits per heavy atom. The lowest BCUT2D eigenvalue weighted by Crippen LogP contribution is -2.08. The minimum atomic E-state index is -4.52. The van der Waals surface area contributed by atoms with Crippen LogP contribution >= 0.6 is 0 Å². The van der Waals surface area contributed by atoms with Crippen molar-refractivity contribution in [2.24, 2.45) is 0 Å². The number of methoxy groups -OCH3 is 1. The molecule has 0 bridgehead atoms. The van der Waals surface area contributed by atoms with Gasteiger partial charge in [-0.1, -0.05) is 0 Å². The first-order valence-corrected chi connectivity index (χ1v) is 6.80. The molecule has 7 heteroatoms. The number of benzene rings is 1. The van der Waals surface area contributed by atoms with E-state index >= 15 is 0 Å². The van der Waals surface area contributed by atoms with Crippen molar-refractivity contribution in [1.82, 2.24) is 9.97 Å². The first-order chi connectivity index (χ1) is 10.8. The Balaban J connectivity index is 2.29. The number of rotatable bonds is 2.